The van der Waals surface area contributed by atoms with Crippen LogP contribution in [0.25, 0.3) is 0 Å². The van der Waals surface area contributed by atoms with E-state index in [-0.39, 0.29) is 5.41 Å². The van der Waals surface area contributed by atoms with Crippen molar-refractivity contribution in [2.75, 3.05) is 33.2 Å². The molecule has 0 unspecified atom stereocenters. The van der Waals surface area contributed by atoms with Crippen molar-refractivity contribution in [2.24, 2.45) is 0 Å². The molecule has 2 heteroatoms. The van der Waals surface area contributed by atoms with Gasteiger partial charge in [-0.05, 0) is 47.9 Å². The molecule has 0 atom stereocenters. The maximum absolute atomic E-state index is 2.61. The highest BCUT2D eigenvalue weighted by Crippen LogP contribution is 2.41. The average molecular weight is 286 g/mol. The SMILES string of the molecule is CN1CCN(Cc2cc(C3CC3)cc(C(C)(C)C)c2)CC1. The predicted octanol–water partition coefficient (Wildman–Crippen LogP) is 3.61. The number of benzene rings is 1. The third kappa shape index (κ3) is 3.87. The Labute approximate surface area is 130 Å². The third-order valence-corrected chi connectivity index (χ3v) is 4.93. The number of nitrogens with zero attached hydrogens (tertiary/aromatic N) is 2. The first-order valence-corrected chi connectivity index (χ1v) is 8.47. The first-order valence-electron chi connectivity index (χ1n) is 8.47. The van der Waals surface area contributed by atoms with E-state index < -0.39 is 0 Å². The summed E-state index contributed by atoms with van der Waals surface area (Å²) >= 11 is 0. The van der Waals surface area contributed by atoms with Gasteiger partial charge in [0.1, 0.15) is 0 Å². The van der Waals surface area contributed by atoms with Crippen molar-refractivity contribution >= 4 is 0 Å². The van der Waals surface area contributed by atoms with Gasteiger partial charge in [0, 0.05) is 32.7 Å². The molecule has 0 amide bonds. The summed E-state index contributed by atoms with van der Waals surface area (Å²) in [6.45, 7) is 12.9. The van der Waals surface area contributed by atoms with E-state index in [1.165, 1.54) is 50.1 Å². The summed E-state index contributed by atoms with van der Waals surface area (Å²) in [6.07, 6.45) is 2.78. The zero-order valence-corrected chi connectivity index (χ0v) is 14.2. The van der Waals surface area contributed by atoms with Crippen LogP contribution in [0, 0.1) is 0 Å². The Morgan fingerprint density at radius 2 is 1.67 bits per heavy atom. The van der Waals surface area contributed by atoms with Gasteiger partial charge in [0.2, 0.25) is 0 Å². The lowest BCUT2D eigenvalue weighted by Crippen LogP contribution is -2.43. The van der Waals surface area contributed by atoms with Gasteiger partial charge < -0.3 is 4.90 Å². The highest BCUT2D eigenvalue weighted by atomic mass is 15.2. The standard InChI is InChI=1S/C19H30N2/c1-19(2,3)18-12-15(11-17(13-18)16-5-6-16)14-21-9-7-20(4)8-10-21/h11-13,16H,5-10,14H2,1-4H3. The minimum absolute atomic E-state index is 0.252. The molecule has 2 fully saturated rings. The molecular formula is C19H30N2. The fourth-order valence-corrected chi connectivity index (χ4v) is 3.16. The van der Waals surface area contributed by atoms with E-state index in [2.05, 4.69) is 55.8 Å². The number of likely N-dealkylation sites (N-methyl/N-ethyl adjacent to an activating group) is 1. The van der Waals surface area contributed by atoms with Gasteiger partial charge in [-0.25, -0.2) is 0 Å². The van der Waals surface area contributed by atoms with Gasteiger partial charge in [-0.2, -0.15) is 0 Å². The van der Waals surface area contributed by atoms with Gasteiger partial charge in [0.15, 0.2) is 0 Å². The van der Waals surface area contributed by atoms with Crippen molar-refractivity contribution < 1.29 is 0 Å². The summed E-state index contributed by atoms with van der Waals surface area (Å²) in [5, 5.41) is 0. The summed E-state index contributed by atoms with van der Waals surface area (Å²) < 4.78 is 0. The van der Waals surface area contributed by atoms with Gasteiger partial charge in [0.25, 0.3) is 0 Å². The van der Waals surface area contributed by atoms with Crippen molar-refractivity contribution in [2.45, 2.75) is 51.5 Å². The molecule has 1 aromatic rings. The molecule has 0 spiro atoms. The largest absolute Gasteiger partial charge is 0.304 e. The molecular weight excluding hydrogens is 256 g/mol. The second-order valence-electron chi connectivity index (χ2n) is 8.07. The lowest BCUT2D eigenvalue weighted by Gasteiger charge is -2.32. The Balaban J connectivity index is 1.78. The monoisotopic (exact) mass is 286 g/mol. The Morgan fingerprint density at radius 1 is 1.00 bits per heavy atom. The first-order chi connectivity index (χ1) is 9.91. The van der Waals surface area contributed by atoms with E-state index in [0.29, 0.717) is 0 Å². The molecule has 0 bridgehead atoms. The van der Waals surface area contributed by atoms with E-state index >= 15 is 0 Å². The summed E-state index contributed by atoms with van der Waals surface area (Å²) in [4.78, 5) is 5.04. The molecule has 116 valence electrons. The van der Waals surface area contributed by atoms with Gasteiger partial charge in [-0.3, -0.25) is 4.90 Å². The van der Waals surface area contributed by atoms with E-state index in [1.807, 2.05) is 0 Å². The minimum atomic E-state index is 0.252. The van der Waals surface area contributed by atoms with E-state index in [0.717, 1.165) is 12.5 Å². The summed E-state index contributed by atoms with van der Waals surface area (Å²) in [5.41, 5.74) is 4.87. The summed E-state index contributed by atoms with van der Waals surface area (Å²) in [6, 6.07) is 7.39. The zero-order valence-electron chi connectivity index (χ0n) is 14.2. The van der Waals surface area contributed by atoms with Crippen LogP contribution in [-0.4, -0.2) is 43.0 Å². The van der Waals surface area contributed by atoms with E-state index in [9.17, 15) is 0 Å². The average Bonchev–Trinajstić information content (AvgIpc) is 3.24. The van der Waals surface area contributed by atoms with Crippen LogP contribution in [0.15, 0.2) is 18.2 Å². The molecule has 1 aliphatic carbocycles. The molecule has 1 aliphatic heterocycles. The maximum atomic E-state index is 2.61. The van der Waals surface area contributed by atoms with Crippen LogP contribution in [0.5, 0.6) is 0 Å². The fraction of sp³-hybridized carbons (Fsp3) is 0.684. The van der Waals surface area contributed by atoms with Crippen LogP contribution in [0.4, 0.5) is 0 Å². The Hall–Kier alpha value is -0.860. The zero-order chi connectivity index (χ0) is 15.0. The second-order valence-corrected chi connectivity index (χ2v) is 8.07. The molecule has 1 heterocycles. The first kappa shape index (κ1) is 15.1. The van der Waals surface area contributed by atoms with Crippen LogP contribution in [0.3, 0.4) is 0 Å². The quantitative estimate of drug-likeness (QED) is 0.837. The molecule has 0 aromatic heterocycles. The Kier molecular flexibility index (Phi) is 4.11. The molecule has 2 nitrogen and oxygen atoms in total. The van der Waals surface area contributed by atoms with Crippen LogP contribution >= 0.6 is 0 Å². The Morgan fingerprint density at radius 3 is 2.24 bits per heavy atom. The molecule has 21 heavy (non-hydrogen) atoms. The highest BCUT2D eigenvalue weighted by Gasteiger charge is 2.26. The van der Waals surface area contributed by atoms with E-state index in [1.54, 1.807) is 5.56 Å². The molecule has 0 radical (unpaired) electrons. The van der Waals surface area contributed by atoms with Gasteiger partial charge in [-0.1, -0.05) is 39.0 Å². The molecule has 1 saturated heterocycles. The molecule has 3 rings (SSSR count). The second kappa shape index (κ2) is 5.73. The molecule has 0 N–H and O–H groups in total. The number of piperazine rings is 1. The van der Waals surface area contributed by atoms with Crippen molar-refractivity contribution in [1.82, 2.24) is 9.80 Å². The topological polar surface area (TPSA) is 6.48 Å². The number of rotatable bonds is 3. The summed E-state index contributed by atoms with van der Waals surface area (Å²) in [5.74, 6) is 0.846. The summed E-state index contributed by atoms with van der Waals surface area (Å²) in [7, 11) is 2.22. The van der Waals surface area contributed by atoms with Gasteiger partial charge in [-0.15, -0.1) is 0 Å². The smallest absolute Gasteiger partial charge is 0.0235 e. The van der Waals surface area contributed by atoms with Crippen molar-refractivity contribution in [1.29, 1.82) is 0 Å². The molecule has 1 saturated carbocycles. The van der Waals surface area contributed by atoms with Crippen molar-refractivity contribution in [3.05, 3.63) is 34.9 Å². The van der Waals surface area contributed by atoms with Gasteiger partial charge in [0.05, 0.1) is 0 Å². The van der Waals surface area contributed by atoms with E-state index in [4.69, 9.17) is 0 Å². The molecule has 2 aliphatic rings. The lowest BCUT2D eigenvalue weighted by molar-refractivity contribution is 0.148. The number of hydrogen-bond donors (Lipinski definition) is 0. The predicted molar refractivity (Wildman–Crippen MR) is 89.9 cm³/mol. The normalized spacial score (nSPS) is 21.7. The maximum Gasteiger partial charge on any atom is 0.0235 e. The highest BCUT2D eigenvalue weighted by molar-refractivity contribution is 5.37. The van der Waals surface area contributed by atoms with Crippen LogP contribution < -0.4 is 0 Å². The lowest BCUT2D eigenvalue weighted by atomic mass is 9.84. The van der Waals surface area contributed by atoms with Crippen LogP contribution in [0.1, 0.15) is 56.2 Å². The van der Waals surface area contributed by atoms with Crippen molar-refractivity contribution in [3.63, 3.8) is 0 Å². The Bertz CT molecular complexity index is 489. The minimum Gasteiger partial charge on any atom is -0.304 e. The van der Waals surface area contributed by atoms with Gasteiger partial charge >= 0.3 is 0 Å². The van der Waals surface area contributed by atoms with Crippen LogP contribution in [0.2, 0.25) is 0 Å². The van der Waals surface area contributed by atoms with Crippen LogP contribution in [-0.2, 0) is 12.0 Å². The number of hydrogen-bond acceptors (Lipinski definition) is 2. The van der Waals surface area contributed by atoms with Crippen molar-refractivity contribution in [3.8, 4) is 0 Å². The molecule has 1 aromatic carbocycles. The fourth-order valence-electron chi connectivity index (χ4n) is 3.16. The third-order valence-electron chi connectivity index (χ3n) is 4.93.